The number of rotatable bonds is 49. The number of nitrogens with one attached hydrogen (secondary N) is 1. The summed E-state index contributed by atoms with van der Waals surface area (Å²) in [5, 5.41) is 2.98. The zero-order valence-corrected chi connectivity index (χ0v) is 47.9. The van der Waals surface area contributed by atoms with Crippen LogP contribution >= 0.6 is 7.82 Å². The minimum absolute atomic E-state index is 0.0458. The number of hydrogen-bond donors (Lipinski definition) is 1. The first-order chi connectivity index (χ1) is 35.4. The van der Waals surface area contributed by atoms with Gasteiger partial charge in [-0.05, 0) is 115 Å². The Hall–Kier alpha value is -3.85. The van der Waals surface area contributed by atoms with Crippen LogP contribution < -0.4 is 10.2 Å². The van der Waals surface area contributed by atoms with Gasteiger partial charge in [0.25, 0.3) is 7.82 Å². The number of likely N-dealkylation sites (N-methyl/N-ethyl adjacent to an activating group) is 1. The number of hydrogen-bond acceptors (Lipinski definition) is 7. The van der Waals surface area contributed by atoms with Crippen LogP contribution in [0.5, 0.6) is 0 Å². The van der Waals surface area contributed by atoms with E-state index < -0.39 is 32.5 Å². The maximum absolute atomic E-state index is 13.5. The summed E-state index contributed by atoms with van der Waals surface area (Å²) in [5.41, 5.74) is 0. The molecule has 0 spiro atoms. The first-order valence-corrected chi connectivity index (χ1v) is 30.0. The molecule has 0 bridgehead atoms. The van der Waals surface area contributed by atoms with E-state index in [1.165, 1.54) is 44.9 Å². The molecule has 0 aromatic rings. The molecule has 0 saturated carbocycles. The summed E-state index contributed by atoms with van der Waals surface area (Å²) in [7, 11) is 1.11. The minimum atomic E-state index is -4.73. The summed E-state index contributed by atoms with van der Waals surface area (Å²) >= 11 is 0. The maximum atomic E-state index is 13.5. The standard InChI is InChI=1S/C63H105N2O7P/c1-7-10-13-16-19-22-25-27-29-31-32-34-35-37-40-43-46-49-52-55-62(66)64-60(59-71-73(68,69)70-58-57-65(4,5)6)61(54-51-48-45-42-39-24-21-18-15-12-9-3)72-63(67)56-53-50-47-44-41-38-36-33-30-28-26-23-20-17-14-11-8-2/h10-11,13-14,19-20,22-23,27-30,32,34,36-38,40,44,47,51,54,60-61H,7-9,12,15-18,21,24-26,31,33,35,39,41-43,45-46,48-50,52-53,55-59H2,1-6H3,(H-,64,66,68,69)/b13-10-,14-11-,22-19-,23-20-,29-27-,30-28-,34-32-,38-36-,40-37-,47-44-,54-51+. The van der Waals surface area contributed by atoms with Crippen LogP contribution in [0.15, 0.2) is 134 Å². The van der Waals surface area contributed by atoms with Gasteiger partial charge in [0.2, 0.25) is 5.91 Å². The highest BCUT2D eigenvalue weighted by Crippen LogP contribution is 2.38. The van der Waals surface area contributed by atoms with Gasteiger partial charge in [-0.2, -0.15) is 0 Å². The predicted molar refractivity (Wildman–Crippen MR) is 311 cm³/mol. The van der Waals surface area contributed by atoms with Gasteiger partial charge < -0.3 is 28.5 Å². The molecule has 0 aromatic carbocycles. The Kier molecular flexibility index (Phi) is 48.9. The van der Waals surface area contributed by atoms with Crippen molar-refractivity contribution < 1.29 is 37.3 Å². The molecular weight excluding hydrogens is 928 g/mol. The third-order valence-electron chi connectivity index (χ3n) is 11.6. The molecule has 3 unspecified atom stereocenters. The number of phosphoric acid groups is 1. The Balaban J connectivity index is 5.48. The molecule has 0 rings (SSSR count). The van der Waals surface area contributed by atoms with Crippen LogP contribution in [0, 0.1) is 0 Å². The SMILES string of the molecule is CC/C=C\C/C=C\C/C=C\C/C=C\C/C=C\CCCCCC(=O)NC(COP(=O)([O-])OCC[N+](C)(C)C)C(/C=C/CCCCCCCCCCC)OC(=O)CCC/C=C\C/C=C\C/C=C\C/C=C\C/C=C\CC. The zero-order valence-electron chi connectivity index (χ0n) is 47.0. The maximum Gasteiger partial charge on any atom is 0.306 e. The number of ether oxygens (including phenoxy) is 1. The van der Waals surface area contributed by atoms with Crippen molar-refractivity contribution in [2.75, 3.05) is 40.9 Å². The molecule has 10 heteroatoms. The second-order valence-corrected chi connectivity index (χ2v) is 21.1. The fraction of sp³-hybridized carbons (Fsp3) is 0.619. The van der Waals surface area contributed by atoms with E-state index in [1.807, 2.05) is 27.2 Å². The average Bonchev–Trinajstić information content (AvgIpc) is 3.35. The second-order valence-electron chi connectivity index (χ2n) is 19.7. The molecule has 414 valence electrons. The number of allylic oxidation sites excluding steroid dienone is 21. The molecule has 0 aliphatic rings. The number of phosphoric ester groups is 1. The highest BCUT2D eigenvalue weighted by molar-refractivity contribution is 7.45. The molecule has 0 heterocycles. The van der Waals surface area contributed by atoms with Crippen LogP contribution in [-0.2, 0) is 27.9 Å². The molecule has 0 saturated heterocycles. The smallest absolute Gasteiger partial charge is 0.306 e. The molecule has 3 atom stereocenters. The van der Waals surface area contributed by atoms with Crippen LogP contribution in [0.2, 0.25) is 0 Å². The molecular formula is C63H105N2O7P. The number of carbonyl (C=O) groups excluding carboxylic acids is 2. The van der Waals surface area contributed by atoms with Gasteiger partial charge in [0.1, 0.15) is 19.3 Å². The second kappa shape index (κ2) is 51.6. The summed E-state index contributed by atoms with van der Waals surface area (Å²) < 4.78 is 30.1. The van der Waals surface area contributed by atoms with E-state index >= 15 is 0 Å². The normalized spacial score (nSPS) is 14.8. The van der Waals surface area contributed by atoms with E-state index in [1.54, 1.807) is 6.08 Å². The summed E-state index contributed by atoms with van der Waals surface area (Å²) in [6.45, 7) is 6.51. The van der Waals surface area contributed by atoms with Crippen molar-refractivity contribution in [3.05, 3.63) is 134 Å². The van der Waals surface area contributed by atoms with Crippen molar-refractivity contribution in [1.29, 1.82) is 0 Å². The Bertz CT molecular complexity index is 1710. The van der Waals surface area contributed by atoms with Gasteiger partial charge >= 0.3 is 5.97 Å². The molecule has 1 amide bonds. The number of nitrogens with zero attached hydrogens (tertiary/aromatic N) is 1. The lowest BCUT2D eigenvalue weighted by atomic mass is 10.1. The van der Waals surface area contributed by atoms with Crippen molar-refractivity contribution >= 4 is 19.7 Å². The first-order valence-electron chi connectivity index (χ1n) is 28.5. The average molecular weight is 1030 g/mol. The Morgan fingerprint density at radius 2 is 0.890 bits per heavy atom. The van der Waals surface area contributed by atoms with Crippen LogP contribution in [0.4, 0.5) is 0 Å². The van der Waals surface area contributed by atoms with Crippen LogP contribution in [0.25, 0.3) is 0 Å². The quantitative estimate of drug-likeness (QED) is 0.0212. The predicted octanol–water partition coefficient (Wildman–Crippen LogP) is 16.7. The molecule has 73 heavy (non-hydrogen) atoms. The van der Waals surface area contributed by atoms with Gasteiger partial charge in [0, 0.05) is 12.8 Å². The molecule has 0 fully saturated rings. The number of esters is 1. The van der Waals surface area contributed by atoms with Crippen LogP contribution in [0.3, 0.4) is 0 Å². The molecule has 0 radical (unpaired) electrons. The van der Waals surface area contributed by atoms with E-state index in [2.05, 4.69) is 148 Å². The molecule has 0 aromatic heterocycles. The fourth-order valence-corrected chi connectivity index (χ4v) is 7.95. The van der Waals surface area contributed by atoms with E-state index in [4.69, 9.17) is 13.8 Å². The third kappa shape index (κ3) is 52.8. The van der Waals surface area contributed by atoms with Gasteiger partial charge in [-0.15, -0.1) is 0 Å². The van der Waals surface area contributed by atoms with Gasteiger partial charge in [0.15, 0.2) is 0 Å². The number of unbranched alkanes of at least 4 members (excludes halogenated alkanes) is 13. The Morgan fingerprint density at radius 1 is 0.493 bits per heavy atom. The molecule has 9 nitrogen and oxygen atoms in total. The Morgan fingerprint density at radius 3 is 1.34 bits per heavy atom. The number of carbonyl (C=O) groups is 2. The van der Waals surface area contributed by atoms with Gasteiger partial charge in [-0.3, -0.25) is 14.2 Å². The highest BCUT2D eigenvalue weighted by atomic mass is 31.2. The fourth-order valence-electron chi connectivity index (χ4n) is 7.23. The van der Waals surface area contributed by atoms with Crippen LogP contribution in [-0.4, -0.2) is 69.4 Å². The van der Waals surface area contributed by atoms with Crippen molar-refractivity contribution in [2.45, 2.75) is 213 Å². The van der Waals surface area contributed by atoms with Crippen molar-refractivity contribution in [3.8, 4) is 0 Å². The summed E-state index contributed by atoms with van der Waals surface area (Å²) in [4.78, 5) is 39.8. The van der Waals surface area contributed by atoms with Crippen molar-refractivity contribution in [2.24, 2.45) is 0 Å². The van der Waals surface area contributed by atoms with E-state index in [0.717, 1.165) is 109 Å². The largest absolute Gasteiger partial charge is 0.756 e. The van der Waals surface area contributed by atoms with Gasteiger partial charge in [0.05, 0.1) is 33.8 Å². The minimum Gasteiger partial charge on any atom is -0.756 e. The monoisotopic (exact) mass is 1030 g/mol. The topological polar surface area (TPSA) is 114 Å². The van der Waals surface area contributed by atoms with E-state index in [9.17, 15) is 19.0 Å². The first kappa shape index (κ1) is 69.2. The van der Waals surface area contributed by atoms with E-state index in [0.29, 0.717) is 23.9 Å². The van der Waals surface area contributed by atoms with Crippen LogP contribution in [0.1, 0.15) is 201 Å². The third-order valence-corrected chi connectivity index (χ3v) is 12.5. The summed E-state index contributed by atoms with van der Waals surface area (Å²) in [6, 6.07) is -0.938. The number of amides is 1. The summed E-state index contributed by atoms with van der Waals surface area (Å²) in [5.74, 6) is -0.661. The number of quaternary nitrogens is 1. The zero-order chi connectivity index (χ0) is 53.6. The summed E-state index contributed by atoms with van der Waals surface area (Å²) in [6.07, 6.45) is 72.9. The van der Waals surface area contributed by atoms with Gasteiger partial charge in [-0.25, -0.2) is 0 Å². The lowest BCUT2D eigenvalue weighted by Gasteiger charge is -2.30. The van der Waals surface area contributed by atoms with E-state index in [-0.39, 0.29) is 25.4 Å². The molecule has 1 N–H and O–H groups in total. The van der Waals surface area contributed by atoms with Gasteiger partial charge in [-0.1, -0.05) is 206 Å². The highest BCUT2D eigenvalue weighted by Gasteiger charge is 2.27. The lowest BCUT2D eigenvalue weighted by molar-refractivity contribution is -0.870. The molecule has 0 aliphatic carbocycles. The lowest BCUT2D eigenvalue weighted by Crippen LogP contribution is -2.47. The Labute approximate surface area is 447 Å². The van der Waals surface area contributed by atoms with Crippen molar-refractivity contribution in [3.63, 3.8) is 0 Å². The van der Waals surface area contributed by atoms with Crippen molar-refractivity contribution in [1.82, 2.24) is 5.32 Å². The molecule has 0 aliphatic heterocycles.